The van der Waals surface area contributed by atoms with Gasteiger partial charge < -0.3 is 9.30 Å². The van der Waals surface area contributed by atoms with Crippen molar-refractivity contribution in [1.29, 1.82) is 0 Å². The fourth-order valence-electron chi connectivity index (χ4n) is 3.65. The van der Waals surface area contributed by atoms with Crippen molar-refractivity contribution in [2.45, 2.75) is 36.5 Å². The monoisotopic (exact) mass is 387 g/mol. The highest BCUT2D eigenvalue weighted by atomic mass is 32.2. The molecule has 1 heterocycles. The molecule has 0 saturated carbocycles. The lowest BCUT2D eigenvalue weighted by molar-refractivity contribution is 0.415. The van der Waals surface area contributed by atoms with Crippen molar-refractivity contribution in [3.8, 4) is 11.4 Å². The van der Waals surface area contributed by atoms with Gasteiger partial charge in [0.25, 0.3) is 0 Å². The van der Waals surface area contributed by atoms with Crippen molar-refractivity contribution >= 4 is 22.7 Å². The molecule has 0 unspecified atom stereocenters. The maximum atomic E-state index is 5.49. The van der Waals surface area contributed by atoms with Gasteiger partial charge in [-0.2, -0.15) is 0 Å². The molecule has 142 valence electrons. The highest BCUT2D eigenvalue weighted by Crippen LogP contribution is 2.38. The van der Waals surface area contributed by atoms with Gasteiger partial charge in [0.1, 0.15) is 5.75 Å². The van der Waals surface area contributed by atoms with Gasteiger partial charge in [-0.25, -0.2) is 0 Å². The molecular weight excluding hydrogens is 362 g/mol. The van der Waals surface area contributed by atoms with Crippen molar-refractivity contribution in [3.63, 3.8) is 0 Å². The number of hydrogen-bond acceptors (Lipinski definition) is 2. The summed E-state index contributed by atoms with van der Waals surface area (Å²) >= 11 is 1.79. The molecular formula is C25H25NOS. The number of rotatable bonds is 6. The Morgan fingerprint density at radius 3 is 2.36 bits per heavy atom. The van der Waals surface area contributed by atoms with E-state index >= 15 is 0 Å². The van der Waals surface area contributed by atoms with Crippen LogP contribution in [-0.2, 0) is 12.8 Å². The molecule has 28 heavy (non-hydrogen) atoms. The summed E-state index contributed by atoms with van der Waals surface area (Å²) < 4.78 is 7.79. The summed E-state index contributed by atoms with van der Waals surface area (Å²) in [4.78, 5) is 2.47. The van der Waals surface area contributed by atoms with E-state index in [1.807, 2.05) is 6.07 Å². The van der Waals surface area contributed by atoms with E-state index in [-0.39, 0.29) is 0 Å². The second-order valence-electron chi connectivity index (χ2n) is 6.82. The normalized spacial score (nSPS) is 11.1. The quantitative estimate of drug-likeness (QED) is 0.357. The topological polar surface area (TPSA) is 14.2 Å². The minimum Gasteiger partial charge on any atom is -0.497 e. The van der Waals surface area contributed by atoms with Crippen LogP contribution < -0.4 is 4.74 Å². The summed E-state index contributed by atoms with van der Waals surface area (Å²) in [5, 5.41) is 1.21. The van der Waals surface area contributed by atoms with Gasteiger partial charge in [0.15, 0.2) is 0 Å². The maximum Gasteiger partial charge on any atom is 0.119 e. The van der Waals surface area contributed by atoms with Crippen LogP contribution >= 0.6 is 11.8 Å². The van der Waals surface area contributed by atoms with Crippen LogP contribution in [0.25, 0.3) is 16.6 Å². The highest BCUT2D eigenvalue weighted by molar-refractivity contribution is 7.99. The molecule has 4 aromatic rings. The second kappa shape index (κ2) is 8.15. The summed E-state index contributed by atoms with van der Waals surface area (Å²) in [5.74, 6) is 0.885. The van der Waals surface area contributed by atoms with Crippen molar-refractivity contribution in [2.75, 3.05) is 7.11 Å². The Balaban J connectivity index is 1.87. The Bertz CT molecular complexity index is 1100. The van der Waals surface area contributed by atoms with Crippen molar-refractivity contribution in [3.05, 3.63) is 84.1 Å². The minimum absolute atomic E-state index is 0.885. The molecule has 0 aliphatic carbocycles. The third-order valence-corrected chi connectivity index (χ3v) is 6.23. The maximum absolute atomic E-state index is 5.49. The summed E-state index contributed by atoms with van der Waals surface area (Å²) in [6, 6.07) is 23.7. The van der Waals surface area contributed by atoms with Gasteiger partial charge >= 0.3 is 0 Å². The van der Waals surface area contributed by atoms with E-state index < -0.39 is 0 Å². The van der Waals surface area contributed by atoms with Crippen LogP contribution in [0.15, 0.2) is 82.7 Å². The standard InChI is InChI=1S/C25H25NOS/c1-4-18-11-12-20(15-19(18)5-2)26-17-25(28-22-9-7-6-8-10-22)23-16-21(27-3)13-14-24(23)26/h6-17H,4-5H2,1-3H3. The molecule has 1 aromatic heterocycles. The lowest BCUT2D eigenvalue weighted by atomic mass is 10.0. The predicted molar refractivity (Wildman–Crippen MR) is 119 cm³/mol. The van der Waals surface area contributed by atoms with E-state index in [0.29, 0.717) is 0 Å². The van der Waals surface area contributed by atoms with Crippen LogP contribution in [0.4, 0.5) is 0 Å². The molecule has 0 N–H and O–H groups in total. The molecule has 0 aliphatic heterocycles. The zero-order valence-electron chi connectivity index (χ0n) is 16.6. The average molecular weight is 388 g/mol. The third-order valence-electron chi connectivity index (χ3n) is 5.18. The van der Waals surface area contributed by atoms with Gasteiger partial charge in [-0.05, 0) is 66.4 Å². The molecule has 0 aliphatic rings. The number of aryl methyl sites for hydroxylation is 2. The van der Waals surface area contributed by atoms with E-state index in [0.717, 1.165) is 18.6 Å². The molecule has 0 saturated heterocycles. The molecule has 3 heteroatoms. The zero-order valence-corrected chi connectivity index (χ0v) is 17.4. The zero-order chi connectivity index (χ0) is 19.5. The van der Waals surface area contributed by atoms with Gasteiger partial charge in [-0.3, -0.25) is 0 Å². The van der Waals surface area contributed by atoms with Crippen molar-refractivity contribution < 1.29 is 4.74 Å². The third kappa shape index (κ3) is 3.55. The van der Waals surface area contributed by atoms with E-state index in [1.165, 1.54) is 37.5 Å². The fraction of sp³-hybridized carbons (Fsp3) is 0.200. The van der Waals surface area contributed by atoms with Crippen LogP contribution in [0.2, 0.25) is 0 Å². The Hall–Kier alpha value is -2.65. The highest BCUT2D eigenvalue weighted by Gasteiger charge is 2.13. The molecule has 0 radical (unpaired) electrons. The number of methoxy groups -OCH3 is 1. The Kier molecular flexibility index (Phi) is 5.45. The molecule has 2 nitrogen and oxygen atoms in total. The molecule has 3 aromatic carbocycles. The van der Waals surface area contributed by atoms with Gasteiger partial charge in [0.05, 0.1) is 12.6 Å². The van der Waals surface area contributed by atoms with E-state index in [1.54, 1.807) is 18.9 Å². The first-order valence-electron chi connectivity index (χ1n) is 9.77. The van der Waals surface area contributed by atoms with Gasteiger partial charge in [-0.1, -0.05) is 49.9 Å². The summed E-state index contributed by atoms with van der Waals surface area (Å²) in [7, 11) is 1.72. The number of aromatic nitrogens is 1. The van der Waals surface area contributed by atoms with Crippen molar-refractivity contribution in [2.24, 2.45) is 0 Å². The first-order chi connectivity index (χ1) is 13.7. The fourth-order valence-corrected chi connectivity index (χ4v) is 4.63. The Morgan fingerprint density at radius 1 is 0.857 bits per heavy atom. The van der Waals surface area contributed by atoms with Crippen LogP contribution in [-0.4, -0.2) is 11.7 Å². The summed E-state index contributed by atoms with van der Waals surface area (Å²) in [6.07, 6.45) is 4.38. The average Bonchev–Trinajstić information content (AvgIpc) is 3.11. The van der Waals surface area contributed by atoms with Crippen molar-refractivity contribution in [1.82, 2.24) is 4.57 Å². The predicted octanol–water partition coefficient (Wildman–Crippen LogP) is 6.92. The molecule has 0 bridgehead atoms. The molecule has 0 amide bonds. The largest absolute Gasteiger partial charge is 0.497 e. The molecule has 0 atom stereocenters. The lowest BCUT2D eigenvalue weighted by Gasteiger charge is -2.11. The summed E-state index contributed by atoms with van der Waals surface area (Å²) in [6.45, 7) is 4.45. The second-order valence-corrected chi connectivity index (χ2v) is 7.94. The molecule has 0 spiro atoms. The van der Waals surface area contributed by atoms with Crippen LogP contribution in [0.1, 0.15) is 25.0 Å². The van der Waals surface area contributed by atoms with Crippen LogP contribution in [0.5, 0.6) is 5.75 Å². The first kappa shape index (κ1) is 18.7. The number of benzene rings is 3. The first-order valence-corrected chi connectivity index (χ1v) is 10.6. The van der Waals surface area contributed by atoms with Gasteiger partial charge in [0.2, 0.25) is 0 Å². The van der Waals surface area contributed by atoms with Gasteiger partial charge in [0, 0.05) is 27.1 Å². The minimum atomic E-state index is 0.885. The smallest absolute Gasteiger partial charge is 0.119 e. The SMILES string of the molecule is CCc1ccc(-n2cc(Sc3ccccc3)c3cc(OC)ccc32)cc1CC. The van der Waals surface area contributed by atoms with Gasteiger partial charge in [-0.15, -0.1) is 0 Å². The molecule has 4 rings (SSSR count). The lowest BCUT2D eigenvalue weighted by Crippen LogP contribution is -1.97. The van der Waals surface area contributed by atoms with E-state index in [4.69, 9.17) is 4.74 Å². The Labute approximate surface area is 171 Å². The number of fused-ring (bicyclic) bond motifs is 1. The number of nitrogens with zero attached hydrogens (tertiary/aromatic N) is 1. The Morgan fingerprint density at radius 2 is 1.64 bits per heavy atom. The number of ether oxygens (including phenoxy) is 1. The number of hydrogen-bond donors (Lipinski definition) is 0. The van der Waals surface area contributed by atoms with E-state index in [9.17, 15) is 0 Å². The van der Waals surface area contributed by atoms with E-state index in [2.05, 4.69) is 85.3 Å². The summed E-state index contributed by atoms with van der Waals surface area (Å²) in [5.41, 5.74) is 5.27. The van der Waals surface area contributed by atoms with Crippen LogP contribution in [0.3, 0.4) is 0 Å². The molecule has 0 fully saturated rings. The van der Waals surface area contributed by atoms with Crippen LogP contribution in [0, 0.1) is 0 Å².